The van der Waals surface area contributed by atoms with Crippen molar-refractivity contribution in [1.82, 2.24) is 4.31 Å². The molecule has 116 valence electrons. The molecule has 3 N–H and O–H groups in total. The second kappa shape index (κ2) is 6.42. The molecule has 7 nitrogen and oxygen atoms in total. The topological polar surface area (TPSA) is 110 Å². The zero-order valence-electron chi connectivity index (χ0n) is 11.4. The largest absolute Gasteiger partial charge is 0.482 e. The van der Waals surface area contributed by atoms with Crippen molar-refractivity contribution in [2.24, 2.45) is 5.73 Å². The first-order valence-corrected chi connectivity index (χ1v) is 8.04. The van der Waals surface area contributed by atoms with Gasteiger partial charge in [-0.05, 0) is 37.1 Å². The number of hydrogen-bond donors (Lipinski definition) is 2. The van der Waals surface area contributed by atoms with Crippen LogP contribution in [0.25, 0.3) is 0 Å². The molecular weight excluding hydrogens is 296 g/mol. The lowest BCUT2D eigenvalue weighted by atomic mass is 10.1. The van der Waals surface area contributed by atoms with E-state index in [0.717, 1.165) is 12.8 Å². The van der Waals surface area contributed by atoms with Gasteiger partial charge >= 0.3 is 5.97 Å². The van der Waals surface area contributed by atoms with Gasteiger partial charge in [-0.25, -0.2) is 13.2 Å². The Morgan fingerprint density at radius 2 is 2.05 bits per heavy atom. The first kappa shape index (κ1) is 15.7. The molecule has 0 aromatic heterocycles. The second-order valence-electron chi connectivity index (χ2n) is 4.92. The normalized spacial score (nSPS) is 20.1. The molecule has 0 amide bonds. The SMILES string of the molecule is NC1CCCN(S(=O)(=O)c2ccc(OCC(=O)O)cc2)C1. The first-order chi connectivity index (χ1) is 9.89. The molecule has 1 aromatic carbocycles. The number of ether oxygens (including phenoxy) is 1. The van der Waals surface area contributed by atoms with Gasteiger partial charge in [0.2, 0.25) is 10.0 Å². The Morgan fingerprint density at radius 1 is 1.38 bits per heavy atom. The molecule has 1 aromatic rings. The Hall–Kier alpha value is -1.64. The van der Waals surface area contributed by atoms with Crippen molar-refractivity contribution >= 4 is 16.0 Å². The number of nitrogens with two attached hydrogens (primary N) is 1. The van der Waals surface area contributed by atoms with Gasteiger partial charge < -0.3 is 15.6 Å². The van der Waals surface area contributed by atoms with E-state index in [1.165, 1.54) is 28.6 Å². The van der Waals surface area contributed by atoms with Crippen LogP contribution < -0.4 is 10.5 Å². The Labute approximate surface area is 123 Å². The number of carboxylic acids is 1. The van der Waals surface area contributed by atoms with Crippen LogP contribution in [0.5, 0.6) is 5.75 Å². The number of rotatable bonds is 5. The summed E-state index contributed by atoms with van der Waals surface area (Å²) in [6.07, 6.45) is 1.58. The smallest absolute Gasteiger partial charge is 0.341 e. The third kappa shape index (κ3) is 3.93. The van der Waals surface area contributed by atoms with Crippen LogP contribution in [0.2, 0.25) is 0 Å². The van der Waals surface area contributed by atoms with Crippen molar-refractivity contribution in [2.45, 2.75) is 23.8 Å². The van der Waals surface area contributed by atoms with E-state index in [1.807, 2.05) is 0 Å². The summed E-state index contributed by atoms with van der Waals surface area (Å²) in [6.45, 7) is 0.319. The van der Waals surface area contributed by atoms with Crippen LogP contribution in [0.1, 0.15) is 12.8 Å². The van der Waals surface area contributed by atoms with Gasteiger partial charge in [0.1, 0.15) is 5.75 Å². The Kier molecular flexibility index (Phi) is 4.81. The summed E-state index contributed by atoms with van der Waals surface area (Å²) < 4.78 is 31.2. The van der Waals surface area contributed by atoms with Gasteiger partial charge in [-0.1, -0.05) is 0 Å². The summed E-state index contributed by atoms with van der Waals surface area (Å²) in [4.78, 5) is 10.5. The predicted molar refractivity (Wildman–Crippen MR) is 75.5 cm³/mol. The van der Waals surface area contributed by atoms with E-state index in [0.29, 0.717) is 18.8 Å². The third-order valence-electron chi connectivity index (χ3n) is 3.24. The molecule has 0 radical (unpaired) electrons. The summed E-state index contributed by atoms with van der Waals surface area (Å²) in [5, 5.41) is 8.51. The molecular formula is C13H18N2O5S. The fourth-order valence-corrected chi connectivity index (χ4v) is 3.73. The molecule has 1 aliphatic rings. The van der Waals surface area contributed by atoms with E-state index in [2.05, 4.69) is 0 Å². The highest BCUT2D eigenvalue weighted by atomic mass is 32.2. The molecule has 1 saturated heterocycles. The second-order valence-corrected chi connectivity index (χ2v) is 6.86. The van der Waals surface area contributed by atoms with Crippen molar-refractivity contribution in [2.75, 3.05) is 19.7 Å². The molecule has 0 aliphatic carbocycles. The minimum absolute atomic E-state index is 0.133. The van der Waals surface area contributed by atoms with Crippen LogP contribution in [0.15, 0.2) is 29.2 Å². The third-order valence-corrected chi connectivity index (χ3v) is 5.12. The molecule has 0 saturated carbocycles. The Bertz CT molecular complexity index is 599. The fraction of sp³-hybridized carbons (Fsp3) is 0.462. The molecule has 0 spiro atoms. The Balaban J connectivity index is 2.11. The highest BCUT2D eigenvalue weighted by Crippen LogP contribution is 2.22. The number of nitrogens with zero attached hydrogens (tertiary/aromatic N) is 1. The van der Waals surface area contributed by atoms with Gasteiger partial charge in [-0.2, -0.15) is 4.31 Å². The average Bonchev–Trinajstić information content (AvgIpc) is 2.45. The van der Waals surface area contributed by atoms with Gasteiger partial charge in [-0.3, -0.25) is 0 Å². The van der Waals surface area contributed by atoms with Crippen LogP contribution in [-0.2, 0) is 14.8 Å². The van der Waals surface area contributed by atoms with E-state index in [9.17, 15) is 13.2 Å². The summed E-state index contributed by atoms with van der Waals surface area (Å²) in [7, 11) is -3.56. The summed E-state index contributed by atoms with van der Waals surface area (Å²) in [6, 6.07) is 5.57. The maximum absolute atomic E-state index is 12.4. The van der Waals surface area contributed by atoms with Crippen molar-refractivity contribution in [1.29, 1.82) is 0 Å². The molecule has 21 heavy (non-hydrogen) atoms. The lowest BCUT2D eigenvalue weighted by Crippen LogP contribution is -2.45. The van der Waals surface area contributed by atoms with Gasteiger partial charge in [0.25, 0.3) is 0 Å². The van der Waals surface area contributed by atoms with E-state index in [-0.39, 0.29) is 10.9 Å². The monoisotopic (exact) mass is 314 g/mol. The van der Waals surface area contributed by atoms with Crippen molar-refractivity contribution in [3.05, 3.63) is 24.3 Å². The maximum Gasteiger partial charge on any atom is 0.341 e. The number of carboxylic acid groups (broad SMARTS) is 1. The molecule has 1 aliphatic heterocycles. The van der Waals surface area contributed by atoms with Crippen LogP contribution in [-0.4, -0.2) is 49.5 Å². The zero-order chi connectivity index (χ0) is 15.5. The van der Waals surface area contributed by atoms with Crippen LogP contribution in [0.4, 0.5) is 0 Å². The highest BCUT2D eigenvalue weighted by Gasteiger charge is 2.28. The molecule has 8 heteroatoms. The van der Waals surface area contributed by atoms with Crippen LogP contribution in [0, 0.1) is 0 Å². The Morgan fingerprint density at radius 3 is 2.62 bits per heavy atom. The van der Waals surface area contributed by atoms with E-state index < -0.39 is 22.6 Å². The zero-order valence-corrected chi connectivity index (χ0v) is 12.3. The van der Waals surface area contributed by atoms with Crippen LogP contribution >= 0.6 is 0 Å². The lowest BCUT2D eigenvalue weighted by molar-refractivity contribution is -0.139. The van der Waals surface area contributed by atoms with Crippen molar-refractivity contribution in [3.8, 4) is 5.75 Å². The minimum atomic E-state index is -3.56. The first-order valence-electron chi connectivity index (χ1n) is 6.60. The minimum Gasteiger partial charge on any atom is -0.482 e. The van der Waals surface area contributed by atoms with Crippen LogP contribution in [0.3, 0.4) is 0 Å². The van der Waals surface area contributed by atoms with Gasteiger partial charge in [-0.15, -0.1) is 0 Å². The van der Waals surface area contributed by atoms with Crippen molar-refractivity contribution < 1.29 is 23.1 Å². The molecule has 1 atom stereocenters. The quantitative estimate of drug-likeness (QED) is 0.807. The van der Waals surface area contributed by atoms with Gasteiger partial charge in [0, 0.05) is 19.1 Å². The highest BCUT2D eigenvalue weighted by molar-refractivity contribution is 7.89. The van der Waals surface area contributed by atoms with Gasteiger partial charge in [0.05, 0.1) is 4.90 Å². The number of hydrogen-bond acceptors (Lipinski definition) is 5. The number of aliphatic carboxylic acids is 1. The standard InChI is InChI=1S/C13H18N2O5S/c14-10-2-1-7-15(8-10)21(18,19)12-5-3-11(4-6-12)20-9-13(16)17/h3-6,10H,1-2,7-9,14H2,(H,16,17). The molecule has 1 heterocycles. The number of sulfonamides is 1. The number of piperidine rings is 1. The maximum atomic E-state index is 12.4. The molecule has 0 bridgehead atoms. The number of carbonyl (C=O) groups is 1. The predicted octanol–water partition coefficient (Wildman–Crippen LogP) is 0.262. The number of benzene rings is 1. The van der Waals surface area contributed by atoms with E-state index in [4.69, 9.17) is 15.6 Å². The molecule has 2 rings (SSSR count). The summed E-state index contributed by atoms with van der Waals surface area (Å²) in [5.74, 6) is -0.777. The van der Waals surface area contributed by atoms with E-state index in [1.54, 1.807) is 0 Å². The molecule has 1 fully saturated rings. The lowest BCUT2D eigenvalue weighted by Gasteiger charge is -2.29. The summed E-state index contributed by atoms with van der Waals surface area (Å²) in [5.41, 5.74) is 5.81. The van der Waals surface area contributed by atoms with Gasteiger partial charge in [0.15, 0.2) is 6.61 Å². The fourth-order valence-electron chi connectivity index (χ4n) is 2.19. The molecule has 1 unspecified atom stereocenters. The van der Waals surface area contributed by atoms with E-state index >= 15 is 0 Å². The van der Waals surface area contributed by atoms with Crippen molar-refractivity contribution in [3.63, 3.8) is 0 Å². The summed E-state index contributed by atoms with van der Waals surface area (Å²) >= 11 is 0. The average molecular weight is 314 g/mol.